The third kappa shape index (κ3) is 3.17. The summed E-state index contributed by atoms with van der Waals surface area (Å²) < 4.78 is 0.885. The average Bonchev–Trinajstić information content (AvgIpc) is 2.92. The highest BCUT2D eigenvalue weighted by Crippen LogP contribution is 2.43. The van der Waals surface area contributed by atoms with Gasteiger partial charge in [-0.1, -0.05) is 82.7 Å². The first-order valence-corrected chi connectivity index (χ1v) is 9.75. The Morgan fingerprint density at radius 1 is 0.929 bits per heavy atom. The summed E-state index contributed by atoms with van der Waals surface area (Å²) in [6.07, 6.45) is -0.292. The number of halogens is 1. The zero-order chi connectivity index (χ0) is 19.7. The van der Waals surface area contributed by atoms with Gasteiger partial charge < -0.3 is 10.0 Å². The second-order valence-corrected chi connectivity index (χ2v) is 7.68. The molecule has 0 saturated carbocycles. The van der Waals surface area contributed by atoms with Gasteiger partial charge in [0.05, 0.1) is 18.7 Å². The van der Waals surface area contributed by atoms with E-state index in [4.69, 9.17) is 0 Å². The molecule has 1 atom stereocenters. The Morgan fingerprint density at radius 2 is 1.57 bits per heavy atom. The summed E-state index contributed by atoms with van der Waals surface area (Å²) in [4.78, 5) is 27.6. The summed E-state index contributed by atoms with van der Waals surface area (Å²) >= 11 is 3.51. The third-order valence-corrected chi connectivity index (χ3v) is 5.81. The van der Waals surface area contributed by atoms with Crippen LogP contribution in [-0.2, 0) is 16.9 Å². The maximum Gasteiger partial charge on any atom is 0.264 e. The van der Waals surface area contributed by atoms with Crippen LogP contribution in [0.5, 0.6) is 0 Å². The summed E-state index contributed by atoms with van der Waals surface area (Å²) in [7, 11) is 0. The van der Waals surface area contributed by atoms with Gasteiger partial charge in [-0.15, -0.1) is 0 Å². The van der Waals surface area contributed by atoms with Crippen molar-refractivity contribution in [3.05, 3.63) is 100 Å². The lowest BCUT2D eigenvalue weighted by atomic mass is 9.88. The van der Waals surface area contributed by atoms with Crippen LogP contribution in [0.3, 0.4) is 0 Å². The smallest absolute Gasteiger partial charge is 0.264 e. The maximum absolute atomic E-state index is 13.3. The first-order chi connectivity index (χ1) is 13.5. The highest BCUT2D eigenvalue weighted by Gasteiger charge is 2.50. The third-order valence-electron chi connectivity index (χ3n) is 5.04. The lowest BCUT2D eigenvalue weighted by molar-refractivity contribution is -0.136. The van der Waals surface area contributed by atoms with E-state index < -0.39 is 11.5 Å². The van der Waals surface area contributed by atoms with Crippen LogP contribution in [0.4, 0.5) is 5.69 Å². The molecule has 3 aromatic rings. The molecule has 1 aliphatic heterocycles. The molecule has 1 heterocycles. The molecule has 1 aliphatic rings. The Kier molecular flexibility index (Phi) is 4.87. The van der Waals surface area contributed by atoms with Crippen molar-refractivity contribution >= 4 is 33.3 Å². The lowest BCUT2D eigenvalue weighted by Gasteiger charge is -2.23. The molecule has 1 amide bonds. The van der Waals surface area contributed by atoms with Crippen molar-refractivity contribution in [3.63, 3.8) is 0 Å². The number of hydrogen-bond acceptors (Lipinski definition) is 3. The number of para-hydroxylation sites is 1. The fourth-order valence-corrected chi connectivity index (χ4v) is 4.00. The fourth-order valence-electron chi connectivity index (χ4n) is 3.59. The van der Waals surface area contributed by atoms with Crippen molar-refractivity contribution in [2.75, 3.05) is 4.90 Å². The lowest BCUT2D eigenvalue weighted by Crippen LogP contribution is -2.41. The Hall–Kier alpha value is -2.76. The van der Waals surface area contributed by atoms with Gasteiger partial charge in [0.1, 0.15) is 0 Å². The van der Waals surface area contributed by atoms with E-state index in [9.17, 15) is 14.7 Å². The SMILES string of the molecule is O=C(CC1(O)C(=O)N(Cc2ccccc2Br)c2ccccc21)c1ccccc1. The quantitative estimate of drug-likeness (QED) is 0.601. The topological polar surface area (TPSA) is 57.6 Å². The summed E-state index contributed by atoms with van der Waals surface area (Å²) in [5.74, 6) is -0.747. The molecule has 1 unspecified atom stereocenters. The number of fused-ring (bicyclic) bond motifs is 1. The number of carbonyl (C=O) groups excluding carboxylic acids is 2. The Balaban J connectivity index is 1.70. The van der Waals surface area contributed by atoms with Gasteiger partial charge in [0.25, 0.3) is 5.91 Å². The van der Waals surface area contributed by atoms with E-state index in [1.807, 2.05) is 36.4 Å². The summed E-state index contributed by atoms with van der Waals surface area (Å²) in [5, 5.41) is 11.3. The van der Waals surface area contributed by atoms with Crippen LogP contribution in [0.1, 0.15) is 27.9 Å². The summed E-state index contributed by atoms with van der Waals surface area (Å²) in [6, 6.07) is 23.5. The number of aliphatic hydroxyl groups is 1. The molecule has 5 heteroatoms. The number of Topliss-reactive ketones (excluding diaryl/α,β-unsaturated/α-hetero) is 1. The van der Waals surface area contributed by atoms with Crippen LogP contribution in [0.15, 0.2) is 83.3 Å². The van der Waals surface area contributed by atoms with Crippen LogP contribution >= 0.6 is 15.9 Å². The minimum Gasteiger partial charge on any atom is -0.375 e. The molecule has 0 spiro atoms. The molecule has 0 saturated heterocycles. The van der Waals surface area contributed by atoms with Crippen molar-refractivity contribution in [1.29, 1.82) is 0 Å². The minimum absolute atomic E-state index is 0.269. The summed E-state index contributed by atoms with van der Waals surface area (Å²) in [5.41, 5.74) is 0.628. The number of hydrogen-bond donors (Lipinski definition) is 1. The standard InChI is InChI=1S/C23H18BrNO3/c24-19-12-6-4-10-17(19)15-25-20-13-7-5-11-18(20)23(28,22(25)27)14-21(26)16-8-2-1-3-9-16/h1-13,28H,14-15H2. The van der Waals surface area contributed by atoms with Gasteiger partial charge in [-0.2, -0.15) is 0 Å². The number of amides is 1. The van der Waals surface area contributed by atoms with Crippen molar-refractivity contribution in [2.45, 2.75) is 18.6 Å². The van der Waals surface area contributed by atoms with Crippen LogP contribution in [-0.4, -0.2) is 16.8 Å². The molecular formula is C23H18BrNO3. The second-order valence-electron chi connectivity index (χ2n) is 6.83. The van der Waals surface area contributed by atoms with Crippen molar-refractivity contribution < 1.29 is 14.7 Å². The van der Waals surface area contributed by atoms with Crippen molar-refractivity contribution in [3.8, 4) is 0 Å². The Morgan fingerprint density at radius 3 is 2.32 bits per heavy atom. The first-order valence-electron chi connectivity index (χ1n) is 8.96. The van der Waals surface area contributed by atoms with Crippen LogP contribution in [0, 0.1) is 0 Å². The Labute approximate surface area is 171 Å². The largest absolute Gasteiger partial charge is 0.375 e. The summed E-state index contributed by atoms with van der Waals surface area (Å²) in [6.45, 7) is 0.305. The van der Waals surface area contributed by atoms with E-state index in [-0.39, 0.29) is 12.2 Å². The van der Waals surface area contributed by atoms with Crippen LogP contribution in [0.25, 0.3) is 0 Å². The van der Waals surface area contributed by atoms with E-state index >= 15 is 0 Å². The molecule has 0 fully saturated rings. The van der Waals surface area contributed by atoms with Gasteiger partial charge in [-0.05, 0) is 17.7 Å². The van der Waals surface area contributed by atoms with E-state index in [0.29, 0.717) is 23.4 Å². The number of ketones is 1. The minimum atomic E-state index is -1.87. The molecule has 140 valence electrons. The monoisotopic (exact) mass is 435 g/mol. The van der Waals surface area contributed by atoms with Gasteiger partial charge in [0.2, 0.25) is 0 Å². The van der Waals surface area contributed by atoms with E-state index in [1.165, 1.54) is 0 Å². The predicted molar refractivity (Wildman–Crippen MR) is 111 cm³/mol. The molecule has 28 heavy (non-hydrogen) atoms. The van der Waals surface area contributed by atoms with Crippen molar-refractivity contribution in [1.82, 2.24) is 0 Å². The molecule has 1 N–H and O–H groups in total. The second kappa shape index (κ2) is 7.34. The highest BCUT2D eigenvalue weighted by molar-refractivity contribution is 9.10. The van der Waals surface area contributed by atoms with Gasteiger partial charge in [-0.3, -0.25) is 9.59 Å². The van der Waals surface area contributed by atoms with E-state index in [1.54, 1.807) is 47.4 Å². The van der Waals surface area contributed by atoms with Crippen LogP contribution < -0.4 is 4.90 Å². The van der Waals surface area contributed by atoms with E-state index in [0.717, 1.165) is 10.0 Å². The highest BCUT2D eigenvalue weighted by atomic mass is 79.9. The molecular weight excluding hydrogens is 418 g/mol. The number of rotatable bonds is 5. The first kappa shape index (κ1) is 18.6. The predicted octanol–water partition coefficient (Wildman–Crippen LogP) is 4.46. The molecule has 0 bridgehead atoms. The van der Waals surface area contributed by atoms with Crippen LogP contribution in [0.2, 0.25) is 0 Å². The molecule has 4 rings (SSSR count). The number of carbonyl (C=O) groups is 2. The van der Waals surface area contributed by atoms with Gasteiger partial charge >= 0.3 is 0 Å². The molecule has 4 nitrogen and oxygen atoms in total. The zero-order valence-electron chi connectivity index (χ0n) is 15.0. The molecule has 3 aromatic carbocycles. The normalized spacial score (nSPS) is 18.2. The Bertz CT molecular complexity index is 1050. The van der Waals surface area contributed by atoms with Gasteiger partial charge in [0, 0.05) is 15.6 Å². The van der Waals surface area contributed by atoms with Crippen molar-refractivity contribution in [2.24, 2.45) is 0 Å². The number of benzene rings is 3. The molecule has 0 aromatic heterocycles. The average molecular weight is 436 g/mol. The number of anilines is 1. The van der Waals surface area contributed by atoms with Gasteiger partial charge in [-0.25, -0.2) is 0 Å². The zero-order valence-corrected chi connectivity index (χ0v) is 16.6. The van der Waals surface area contributed by atoms with Gasteiger partial charge in [0.15, 0.2) is 11.4 Å². The van der Waals surface area contributed by atoms with E-state index in [2.05, 4.69) is 15.9 Å². The molecule has 0 aliphatic carbocycles. The number of nitrogens with zero attached hydrogens (tertiary/aromatic N) is 1. The fraction of sp³-hybridized carbons (Fsp3) is 0.130. The molecule has 0 radical (unpaired) electrons. The maximum atomic E-state index is 13.3.